The molecule has 0 aromatic heterocycles. The van der Waals surface area contributed by atoms with E-state index < -0.39 is 0 Å². The normalized spacial score (nSPS) is 15.3. The molecule has 1 unspecified atom stereocenters. The average molecular weight is 143 g/mol. The third-order valence-electron chi connectivity index (χ3n) is 2.48. The summed E-state index contributed by atoms with van der Waals surface area (Å²) in [6.45, 7) is 12.3. The first-order chi connectivity index (χ1) is 4.54. The van der Waals surface area contributed by atoms with Gasteiger partial charge in [-0.2, -0.15) is 0 Å². The molecule has 0 aliphatic carbocycles. The molecule has 0 aromatic carbocycles. The Morgan fingerprint density at radius 3 is 2.10 bits per heavy atom. The maximum Gasteiger partial charge on any atom is 0.0150 e. The van der Waals surface area contributed by atoms with E-state index in [4.69, 9.17) is 0 Å². The Balaban J connectivity index is 3.82. The van der Waals surface area contributed by atoms with Gasteiger partial charge in [-0.3, -0.25) is 0 Å². The fourth-order valence-electron chi connectivity index (χ4n) is 1.14. The summed E-state index contributed by atoms with van der Waals surface area (Å²) < 4.78 is 0. The molecule has 62 valence electrons. The van der Waals surface area contributed by atoms with Gasteiger partial charge in [0.2, 0.25) is 0 Å². The Labute approximate surface area is 65.2 Å². The third-order valence-corrected chi connectivity index (χ3v) is 2.48. The zero-order valence-electron chi connectivity index (χ0n) is 7.99. The predicted octanol–water partition coefficient (Wildman–Crippen LogP) is 2.42. The molecular formula is C9H21N. The fraction of sp³-hybridized carbons (Fsp3) is 1.00. The largest absolute Gasteiger partial charge is 0.312 e. The van der Waals surface area contributed by atoms with Crippen LogP contribution in [0, 0.1) is 5.92 Å². The number of hydrogen-bond donors (Lipinski definition) is 1. The zero-order valence-corrected chi connectivity index (χ0v) is 7.99. The van der Waals surface area contributed by atoms with E-state index in [0.717, 1.165) is 12.5 Å². The van der Waals surface area contributed by atoms with Crippen LogP contribution in [-0.2, 0) is 0 Å². The van der Waals surface area contributed by atoms with Crippen molar-refractivity contribution < 1.29 is 0 Å². The van der Waals surface area contributed by atoms with Crippen molar-refractivity contribution in [2.45, 2.75) is 46.6 Å². The summed E-state index contributed by atoms with van der Waals surface area (Å²) in [6, 6.07) is 0. The molecule has 0 spiro atoms. The fourth-order valence-corrected chi connectivity index (χ4v) is 1.14. The van der Waals surface area contributed by atoms with Crippen molar-refractivity contribution in [2.75, 3.05) is 6.54 Å². The highest BCUT2D eigenvalue weighted by molar-refractivity contribution is 4.81. The van der Waals surface area contributed by atoms with Gasteiger partial charge in [-0.15, -0.1) is 0 Å². The number of nitrogens with one attached hydrogen (secondary N) is 1. The first-order valence-corrected chi connectivity index (χ1v) is 4.29. The van der Waals surface area contributed by atoms with Crippen LogP contribution in [0.15, 0.2) is 0 Å². The summed E-state index contributed by atoms with van der Waals surface area (Å²) >= 11 is 0. The van der Waals surface area contributed by atoms with E-state index in [-0.39, 0.29) is 0 Å². The monoisotopic (exact) mass is 143 g/mol. The highest BCUT2D eigenvalue weighted by atomic mass is 14.9. The van der Waals surface area contributed by atoms with Gasteiger partial charge in [0.05, 0.1) is 0 Å². The highest BCUT2D eigenvalue weighted by Gasteiger charge is 2.22. The van der Waals surface area contributed by atoms with Crippen LogP contribution >= 0.6 is 0 Å². The van der Waals surface area contributed by atoms with Crippen LogP contribution in [-0.4, -0.2) is 12.1 Å². The lowest BCUT2D eigenvalue weighted by Crippen LogP contribution is -2.44. The van der Waals surface area contributed by atoms with E-state index in [2.05, 4.69) is 39.9 Å². The SMILES string of the molecule is CCNC(C)(C)C(C)CC. The summed E-state index contributed by atoms with van der Waals surface area (Å²) in [7, 11) is 0. The molecule has 0 amide bonds. The van der Waals surface area contributed by atoms with E-state index in [1.54, 1.807) is 0 Å². The molecule has 0 fully saturated rings. The average Bonchev–Trinajstić information content (AvgIpc) is 1.86. The highest BCUT2D eigenvalue weighted by Crippen LogP contribution is 2.18. The molecule has 1 atom stereocenters. The van der Waals surface area contributed by atoms with E-state index in [0.29, 0.717) is 5.54 Å². The van der Waals surface area contributed by atoms with Gasteiger partial charge in [-0.1, -0.05) is 27.2 Å². The Bertz CT molecular complexity index is 86.7. The molecule has 10 heavy (non-hydrogen) atoms. The van der Waals surface area contributed by atoms with Crippen molar-refractivity contribution >= 4 is 0 Å². The van der Waals surface area contributed by atoms with Crippen LogP contribution in [0.3, 0.4) is 0 Å². The first kappa shape index (κ1) is 9.96. The molecule has 0 rings (SSSR count). The summed E-state index contributed by atoms with van der Waals surface area (Å²) in [6.07, 6.45) is 1.25. The van der Waals surface area contributed by atoms with Crippen LogP contribution in [0.1, 0.15) is 41.0 Å². The lowest BCUT2D eigenvalue weighted by atomic mass is 9.87. The van der Waals surface area contributed by atoms with E-state index in [1.807, 2.05) is 0 Å². The number of rotatable bonds is 4. The molecule has 0 radical (unpaired) electrons. The quantitative estimate of drug-likeness (QED) is 0.637. The molecule has 0 aromatic rings. The van der Waals surface area contributed by atoms with Crippen LogP contribution in [0.5, 0.6) is 0 Å². The van der Waals surface area contributed by atoms with E-state index in [1.165, 1.54) is 6.42 Å². The zero-order chi connectivity index (χ0) is 8.20. The van der Waals surface area contributed by atoms with E-state index in [9.17, 15) is 0 Å². The Kier molecular flexibility index (Phi) is 3.95. The van der Waals surface area contributed by atoms with Gasteiger partial charge in [-0.25, -0.2) is 0 Å². The summed E-state index contributed by atoms with van der Waals surface area (Å²) in [4.78, 5) is 0. The lowest BCUT2D eigenvalue weighted by molar-refractivity contribution is 0.269. The van der Waals surface area contributed by atoms with Gasteiger partial charge >= 0.3 is 0 Å². The van der Waals surface area contributed by atoms with Crippen molar-refractivity contribution in [1.29, 1.82) is 0 Å². The molecule has 0 saturated carbocycles. The van der Waals surface area contributed by atoms with Crippen LogP contribution < -0.4 is 5.32 Å². The van der Waals surface area contributed by atoms with Gasteiger partial charge in [0, 0.05) is 5.54 Å². The molecule has 0 heterocycles. The maximum absolute atomic E-state index is 3.47. The predicted molar refractivity (Wildman–Crippen MR) is 47.2 cm³/mol. The van der Waals surface area contributed by atoms with Crippen molar-refractivity contribution in [2.24, 2.45) is 5.92 Å². The Hall–Kier alpha value is -0.0400. The minimum Gasteiger partial charge on any atom is -0.312 e. The third kappa shape index (κ3) is 2.70. The minimum absolute atomic E-state index is 0.309. The summed E-state index contributed by atoms with van der Waals surface area (Å²) in [5, 5.41) is 3.47. The second-order valence-corrected chi connectivity index (χ2v) is 3.56. The Morgan fingerprint density at radius 1 is 1.30 bits per heavy atom. The van der Waals surface area contributed by atoms with E-state index >= 15 is 0 Å². The summed E-state index contributed by atoms with van der Waals surface area (Å²) in [5.41, 5.74) is 0.309. The first-order valence-electron chi connectivity index (χ1n) is 4.29. The molecule has 0 saturated heterocycles. The number of hydrogen-bond acceptors (Lipinski definition) is 1. The molecule has 0 bridgehead atoms. The van der Waals surface area contributed by atoms with Gasteiger partial charge in [0.15, 0.2) is 0 Å². The topological polar surface area (TPSA) is 12.0 Å². The minimum atomic E-state index is 0.309. The van der Waals surface area contributed by atoms with Crippen LogP contribution in [0.25, 0.3) is 0 Å². The second kappa shape index (κ2) is 3.97. The van der Waals surface area contributed by atoms with Crippen molar-refractivity contribution in [3.05, 3.63) is 0 Å². The smallest absolute Gasteiger partial charge is 0.0150 e. The summed E-state index contributed by atoms with van der Waals surface area (Å²) in [5.74, 6) is 0.757. The molecule has 1 heteroatoms. The van der Waals surface area contributed by atoms with Crippen LogP contribution in [0.2, 0.25) is 0 Å². The molecule has 1 N–H and O–H groups in total. The van der Waals surface area contributed by atoms with Crippen molar-refractivity contribution in [3.8, 4) is 0 Å². The van der Waals surface area contributed by atoms with Crippen molar-refractivity contribution in [3.63, 3.8) is 0 Å². The standard InChI is InChI=1S/C9H21N/c1-6-8(3)9(4,5)10-7-2/h8,10H,6-7H2,1-5H3. The Morgan fingerprint density at radius 2 is 1.80 bits per heavy atom. The maximum atomic E-state index is 3.47. The molecule has 1 nitrogen and oxygen atoms in total. The molecule has 0 aliphatic rings. The second-order valence-electron chi connectivity index (χ2n) is 3.56. The van der Waals surface area contributed by atoms with Crippen molar-refractivity contribution in [1.82, 2.24) is 5.32 Å². The van der Waals surface area contributed by atoms with Gasteiger partial charge in [-0.05, 0) is 26.3 Å². The lowest BCUT2D eigenvalue weighted by Gasteiger charge is -2.32. The van der Waals surface area contributed by atoms with Crippen LogP contribution in [0.4, 0.5) is 0 Å². The van der Waals surface area contributed by atoms with Gasteiger partial charge in [0.1, 0.15) is 0 Å². The van der Waals surface area contributed by atoms with Gasteiger partial charge in [0.25, 0.3) is 0 Å². The van der Waals surface area contributed by atoms with Gasteiger partial charge < -0.3 is 5.32 Å². The molecular weight excluding hydrogens is 122 g/mol. The molecule has 0 aliphatic heterocycles.